The van der Waals surface area contributed by atoms with E-state index in [1.165, 1.54) is 0 Å². The zero-order valence-electron chi connectivity index (χ0n) is 9.79. The van der Waals surface area contributed by atoms with Gasteiger partial charge in [-0.05, 0) is 53.9 Å². The Hall–Kier alpha value is -0.940. The van der Waals surface area contributed by atoms with Gasteiger partial charge >= 0.3 is 0 Å². The van der Waals surface area contributed by atoms with Crippen LogP contribution in [0.3, 0.4) is 0 Å². The lowest BCUT2D eigenvalue weighted by atomic mass is 9.99. The summed E-state index contributed by atoms with van der Waals surface area (Å²) in [6, 6.07) is 1.87. The first-order chi connectivity index (χ1) is 8.16. The van der Waals surface area contributed by atoms with Crippen molar-refractivity contribution in [2.75, 3.05) is 18.4 Å². The summed E-state index contributed by atoms with van der Waals surface area (Å²) in [6.45, 7) is 3.75. The number of pyridine rings is 1. The number of aryl methyl sites for hydroxylation is 1. The number of carbonyl (C=O) groups excluding carboxylic acids is 1. The van der Waals surface area contributed by atoms with Gasteiger partial charge in [0.05, 0.1) is 5.92 Å². The van der Waals surface area contributed by atoms with Crippen molar-refractivity contribution in [3.63, 3.8) is 0 Å². The van der Waals surface area contributed by atoms with E-state index in [1.807, 2.05) is 13.0 Å². The van der Waals surface area contributed by atoms with Crippen LogP contribution >= 0.6 is 15.9 Å². The normalized spacial score (nSPS) is 20.0. The van der Waals surface area contributed by atoms with Gasteiger partial charge in [0.1, 0.15) is 5.82 Å². The summed E-state index contributed by atoms with van der Waals surface area (Å²) in [6.07, 6.45) is 3.73. The lowest BCUT2D eigenvalue weighted by Crippen LogP contribution is -2.37. The summed E-state index contributed by atoms with van der Waals surface area (Å²) in [5.74, 6) is 0.752. The van der Waals surface area contributed by atoms with Gasteiger partial charge < -0.3 is 10.6 Å². The number of carbonyl (C=O) groups is 1. The molecule has 1 aromatic rings. The number of halogens is 1. The average molecular weight is 298 g/mol. The third kappa shape index (κ3) is 3.26. The topological polar surface area (TPSA) is 54.0 Å². The van der Waals surface area contributed by atoms with Crippen LogP contribution in [-0.4, -0.2) is 24.0 Å². The first-order valence-corrected chi connectivity index (χ1v) is 6.60. The zero-order chi connectivity index (χ0) is 12.3. The second-order valence-electron chi connectivity index (χ2n) is 4.35. The molecule has 0 unspecified atom stereocenters. The molecule has 17 heavy (non-hydrogen) atoms. The maximum atomic E-state index is 12.0. The number of piperidine rings is 1. The number of hydrogen-bond donors (Lipinski definition) is 2. The molecule has 4 nitrogen and oxygen atoms in total. The van der Waals surface area contributed by atoms with Crippen molar-refractivity contribution >= 4 is 27.7 Å². The fourth-order valence-electron chi connectivity index (χ4n) is 1.91. The van der Waals surface area contributed by atoms with Gasteiger partial charge in [0, 0.05) is 17.2 Å². The zero-order valence-corrected chi connectivity index (χ0v) is 11.4. The van der Waals surface area contributed by atoms with E-state index in [-0.39, 0.29) is 11.8 Å². The van der Waals surface area contributed by atoms with Crippen LogP contribution in [0, 0.1) is 12.8 Å². The number of aromatic nitrogens is 1. The third-order valence-corrected chi connectivity index (χ3v) is 3.80. The Morgan fingerprint density at radius 2 is 2.47 bits per heavy atom. The summed E-state index contributed by atoms with van der Waals surface area (Å²) in [4.78, 5) is 16.1. The Morgan fingerprint density at radius 3 is 3.12 bits per heavy atom. The van der Waals surface area contributed by atoms with E-state index in [0.29, 0.717) is 5.82 Å². The fourth-order valence-corrected chi connectivity index (χ4v) is 2.13. The highest BCUT2D eigenvalue weighted by atomic mass is 79.9. The molecule has 0 saturated carbocycles. The average Bonchev–Trinajstić information content (AvgIpc) is 2.35. The molecule has 1 aliphatic rings. The summed E-state index contributed by atoms with van der Waals surface area (Å²) < 4.78 is 0.954. The van der Waals surface area contributed by atoms with Crippen molar-refractivity contribution < 1.29 is 4.79 Å². The molecule has 0 radical (unpaired) electrons. The number of nitrogens with one attached hydrogen (secondary N) is 2. The van der Waals surface area contributed by atoms with E-state index in [1.54, 1.807) is 6.20 Å². The molecule has 1 aromatic heterocycles. The number of rotatable bonds is 2. The van der Waals surface area contributed by atoms with Gasteiger partial charge in [0.2, 0.25) is 5.91 Å². The molecular formula is C12H16BrN3O. The van der Waals surface area contributed by atoms with Crippen LogP contribution in [0.4, 0.5) is 5.82 Å². The van der Waals surface area contributed by atoms with Crippen LogP contribution in [0.1, 0.15) is 18.4 Å². The minimum Gasteiger partial charge on any atom is -0.316 e. The number of hydrogen-bond acceptors (Lipinski definition) is 3. The van der Waals surface area contributed by atoms with E-state index in [4.69, 9.17) is 0 Å². The smallest absolute Gasteiger partial charge is 0.229 e. The molecule has 2 N–H and O–H groups in total. The van der Waals surface area contributed by atoms with Crippen LogP contribution in [0.25, 0.3) is 0 Å². The van der Waals surface area contributed by atoms with Crippen molar-refractivity contribution in [2.45, 2.75) is 19.8 Å². The minimum atomic E-state index is 0.0615. The van der Waals surface area contributed by atoms with Crippen LogP contribution < -0.4 is 10.6 Å². The van der Waals surface area contributed by atoms with Gasteiger partial charge in [-0.3, -0.25) is 4.79 Å². The highest BCUT2D eigenvalue weighted by molar-refractivity contribution is 9.10. The molecule has 0 aliphatic carbocycles. The number of anilines is 1. The molecule has 92 valence electrons. The predicted molar refractivity (Wildman–Crippen MR) is 70.9 cm³/mol. The standard InChI is InChI=1S/C12H16BrN3O/c1-8-5-11(15-7-10(8)13)16-12(17)9-3-2-4-14-6-9/h5,7,9,14H,2-4,6H2,1H3,(H,15,16,17)/t9-/m0/s1. The Labute approximate surface area is 109 Å². The van der Waals surface area contributed by atoms with E-state index in [9.17, 15) is 4.79 Å². The third-order valence-electron chi connectivity index (χ3n) is 2.97. The van der Waals surface area contributed by atoms with Gasteiger partial charge in [-0.1, -0.05) is 0 Å². The van der Waals surface area contributed by atoms with Crippen LogP contribution in [0.5, 0.6) is 0 Å². The van der Waals surface area contributed by atoms with Gasteiger partial charge in [-0.25, -0.2) is 4.98 Å². The Kier molecular flexibility index (Phi) is 4.12. The van der Waals surface area contributed by atoms with Crippen molar-refractivity contribution in [2.24, 2.45) is 5.92 Å². The van der Waals surface area contributed by atoms with Crippen LogP contribution in [0.15, 0.2) is 16.7 Å². The van der Waals surface area contributed by atoms with Crippen molar-refractivity contribution in [1.29, 1.82) is 0 Å². The largest absolute Gasteiger partial charge is 0.316 e. The number of nitrogens with zero attached hydrogens (tertiary/aromatic N) is 1. The molecule has 1 fully saturated rings. The molecule has 0 aromatic carbocycles. The van der Waals surface area contributed by atoms with Crippen molar-refractivity contribution in [3.8, 4) is 0 Å². The Balaban J connectivity index is 1.99. The van der Waals surface area contributed by atoms with E-state index < -0.39 is 0 Å². The molecule has 0 spiro atoms. The monoisotopic (exact) mass is 297 g/mol. The maximum Gasteiger partial charge on any atom is 0.229 e. The second kappa shape index (κ2) is 5.60. The van der Waals surface area contributed by atoms with E-state index in [0.717, 1.165) is 36.0 Å². The lowest BCUT2D eigenvalue weighted by Gasteiger charge is -2.21. The lowest BCUT2D eigenvalue weighted by molar-refractivity contribution is -0.120. The molecule has 1 saturated heterocycles. The summed E-state index contributed by atoms with van der Waals surface area (Å²) in [7, 11) is 0. The fraction of sp³-hybridized carbons (Fsp3) is 0.500. The van der Waals surface area contributed by atoms with Gasteiger partial charge in [-0.15, -0.1) is 0 Å². The number of amides is 1. The van der Waals surface area contributed by atoms with Crippen molar-refractivity contribution in [3.05, 3.63) is 22.3 Å². The molecule has 1 aliphatic heterocycles. The molecule has 1 atom stereocenters. The highest BCUT2D eigenvalue weighted by Crippen LogP contribution is 2.18. The molecule has 2 rings (SSSR count). The predicted octanol–water partition coefficient (Wildman–Crippen LogP) is 2.09. The minimum absolute atomic E-state index is 0.0615. The van der Waals surface area contributed by atoms with Gasteiger partial charge in [-0.2, -0.15) is 0 Å². The first kappa shape index (κ1) is 12.5. The highest BCUT2D eigenvalue weighted by Gasteiger charge is 2.21. The van der Waals surface area contributed by atoms with Crippen molar-refractivity contribution in [1.82, 2.24) is 10.3 Å². The quantitative estimate of drug-likeness (QED) is 0.879. The van der Waals surface area contributed by atoms with Gasteiger partial charge in [0.25, 0.3) is 0 Å². The molecular weight excluding hydrogens is 282 g/mol. The molecule has 1 amide bonds. The molecule has 2 heterocycles. The van der Waals surface area contributed by atoms with E-state index in [2.05, 4.69) is 31.5 Å². The summed E-state index contributed by atoms with van der Waals surface area (Å²) in [5.41, 5.74) is 1.07. The summed E-state index contributed by atoms with van der Waals surface area (Å²) >= 11 is 3.39. The molecule has 0 bridgehead atoms. The first-order valence-electron chi connectivity index (χ1n) is 5.80. The molecule has 5 heteroatoms. The summed E-state index contributed by atoms with van der Waals surface area (Å²) in [5, 5.41) is 6.10. The van der Waals surface area contributed by atoms with E-state index >= 15 is 0 Å². The van der Waals surface area contributed by atoms with Crippen LogP contribution in [-0.2, 0) is 4.79 Å². The maximum absolute atomic E-state index is 12.0. The second-order valence-corrected chi connectivity index (χ2v) is 5.21. The van der Waals surface area contributed by atoms with Gasteiger partial charge in [0.15, 0.2) is 0 Å². The Morgan fingerprint density at radius 1 is 1.65 bits per heavy atom. The van der Waals surface area contributed by atoms with Crippen LogP contribution in [0.2, 0.25) is 0 Å². The Bertz CT molecular complexity index is 416. The SMILES string of the molecule is Cc1cc(NC(=O)[C@H]2CCCNC2)ncc1Br.